The Bertz CT molecular complexity index is 1380. The first-order valence-electron chi connectivity index (χ1n) is 10.7. The number of benzene rings is 2. The number of imidazole rings is 1. The van der Waals surface area contributed by atoms with E-state index in [9.17, 15) is 30.8 Å². The molecular weight excluding hydrogens is 524 g/mol. The van der Waals surface area contributed by atoms with Crippen molar-refractivity contribution < 1.29 is 30.8 Å². The number of carbonyl (C=O) groups is 1. The van der Waals surface area contributed by atoms with Gasteiger partial charge in [0.1, 0.15) is 5.82 Å². The van der Waals surface area contributed by atoms with Crippen molar-refractivity contribution >= 4 is 27.5 Å². The Kier molecular flexibility index (Phi) is 7.13. The molecule has 0 saturated carbocycles. The molecule has 4 rings (SSSR count). The molecule has 0 bridgehead atoms. The van der Waals surface area contributed by atoms with Crippen molar-refractivity contribution in [1.29, 1.82) is 0 Å². The summed E-state index contributed by atoms with van der Waals surface area (Å²) in [5, 5.41) is 2.32. The van der Waals surface area contributed by atoms with E-state index in [-0.39, 0.29) is 35.2 Å². The highest BCUT2D eigenvalue weighted by Crippen LogP contribution is 2.36. The number of amides is 1. The Morgan fingerprint density at radius 1 is 1.17 bits per heavy atom. The van der Waals surface area contributed by atoms with Crippen molar-refractivity contribution in [2.45, 2.75) is 23.7 Å². The van der Waals surface area contributed by atoms with E-state index >= 15 is 0 Å². The van der Waals surface area contributed by atoms with Crippen LogP contribution in [0.15, 0.2) is 60.0 Å². The molecule has 0 unspecified atom stereocenters. The fraction of sp³-hybridized carbons (Fsp3) is 0.304. The molecule has 0 aliphatic carbocycles. The molecule has 36 heavy (non-hydrogen) atoms. The van der Waals surface area contributed by atoms with E-state index in [1.165, 1.54) is 47.4 Å². The zero-order valence-corrected chi connectivity index (χ0v) is 20.4. The van der Waals surface area contributed by atoms with E-state index in [1.807, 2.05) is 0 Å². The average Bonchev–Trinajstić information content (AvgIpc) is 3.46. The van der Waals surface area contributed by atoms with Gasteiger partial charge in [-0.15, -0.1) is 0 Å². The van der Waals surface area contributed by atoms with Crippen LogP contribution in [0, 0.1) is 11.7 Å². The first-order valence-corrected chi connectivity index (χ1v) is 12.5. The summed E-state index contributed by atoms with van der Waals surface area (Å²) in [7, 11) is -2.38. The summed E-state index contributed by atoms with van der Waals surface area (Å²) in [6.45, 7) is -0.355. The predicted molar refractivity (Wildman–Crippen MR) is 123 cm³/mol. The van der Waals surface area contributed by atoms with Gasteiger partial charge in [-0.3, -0.25) is 4.79 Å². The van der Waals surface area contributed by atoms with Gasteiger partial charge < -0.3 is 9.88 Å². The third-order valence-corrected chi connectivity index (χ3v) is 8.11. The van der Waals surface area contributed by atoms with Crippen molar-refractivity contribution in [2.24, 2.45) is 13.0 Å². The van der Waals surface area contributed by atoms with Crippen LogP contribution in [0.4, 0.5) is 17.6 Å². The second kappa shape index (κ2) is 9.83. The SMILES string of the molecule is Cn1cnc(S(=O)(=O)N2C[C@H](C(=O)NCc3ccc(C(F)(F)F)cc3Cl)[C@@H](c3ccc(F)cc3)C2)c1. The molecule has 1 amide bonds. The van der Waals surface area contributed by atoms with Gasteiger partial charge in [0, 0.05) is 43.8 Å². The number of carbonyl (C=O) groups excluding carboxylic acids is 1. The van der Waals surface area contributed by atoms with Crippen LogP contribution in [0.5, 0.6) is 0 Å². The van der Waals surface area contributed by atoms with Gasteiger partial charge >= 0.3 is 6.18 Å². The number of halogens is 5. The summed E-state index contributed by atoms with van der Waals surface area (Å²) in [6.07, 6.45) is -1.86. The molecule has 1 aliphatic heterocycles. The highest BCUT2D eigenvalue weighted by molar-refractivity contribution is 7.89. The lowest BCUT2D eigenvalue weighted by Crippen LogP contribution is -2.35. The minimum Gasteiger partial charge on any atom is -0.352 e. The zero-order chi connectivity index (χ0) is 26.3. The molecule has 0 radical (unpaired) electrons. The van der Waals surface area contributed by atoms with E-state index in [2.05, 4.69) is 10.3 Å². The summed E-state index contributed by atoms with van der Waals surface area (Å²) in [4.78, 5) is 17.1. The lowest BCUT2D eigenvalue weighted by molar-refractivity contribution is -0.137. The summed E-state index contributed by atoms with van der Waals surface area (Å²) >= 11 is 5.99. The van der Waals surface area contributed by atoms with Crippen molar-refractivity contribution in [1.82, 2.24) is 19.2 Å². The van der Waals surface area contributed by atoms with E-state index < -0.39 is 45.3 Å². The topological polar surface area (TPSA) is 84.3 Å². The van der Waals surface area contributed by atoms with Gasteiger partial charge in [-0.05, 0) is 35.4 Å². The van der Waals surface area contributed by atoms with Crippen LogP contribution in [0.2, 0.25) is 5.02 Å². The molecule has 192 valence electrons. The number of alkyl halides is 3. The Labute approximate surface area is 209 Å². The Balaban J connectivity index is 1.56. The van der Waals surface area contributed by atoms with Crippen LogP contribution in [-0.4, -0.2) is 41.3 Å². The second-order valence-corrected chi connectivity index (χ2v) is 10.8. The van der Waals surface area contributed by atoms with Crippen LogP contribution in [0.25, 0.3) is 0 Å². The Morgan fingerprint density at radius 2 is 1.86 bits per heavy atom. The van der Waals surface area contributed by atoms with Gasteiger partial charge in [0.2, 0.25) is 5.91 Å². The summed E-state index contributed by atoms with van der Waals surface area (Å²) in [5.41, 5.74) is -0.0692. The summed E-state index contributed by atoms with van der Waals surface area (Å²) in [6, 6.07) is 8.25. The number of hydrogen-bond acceptors (Lipinski definition) is 4. The maximum Gasteiger partial charge on any atom is 0.416 e. The van der Waals surface area contributed by atoms with Crippen LogP contribution in [0.1, 0.15) is 22.6 Å². The lowest BCUT2D eigenvalue weighted by atomic mass is 9.88. The van der Waals surface area contributed by atoms with Crippen LogP contribution in [-0.2, 0) is 34.6 Å². The van der Waals surface area contributed by atoms with Crippen molar-refractivity contribution in [3.63, 3.8) is 0 Å². The largest absolute Gasteiger partial charge is 0.416 e. The van der Waals surface area contributed by atoms with Gasteiger partial charge in [0.25, 0.3) is 10.0 Å². The van der Waals surface area contributed by atoms with Crippen molar-refractivity contribution in [3.8, 4) is 0 Å². The van der Waals surface area contributed by atoms with Gasteiger partial charge in [0.15, 0.2) is 5.03 Å². The van der Waals surface area contributed by atoms with E-state index in [4.69, 9.17) is 11.6 Å². The van der Waals surface area contributed by atoms with Crippen LogP contribution < -0.4 is 5.32 Å². The third-order valence-electron chi connectivity index (χ3n) is 6.04. The Hall–Kier alpha value is -2.96. The van der Waals surface area contributed by atoms with Gasteiger partial charge in [-0.1, -0.05) is 29.8 Å². The number of nitrogens with one attached hydrogen (secondary N) is 1. The second-order valence-electron chi connectivity index (χ2n) is 8.49. The van der Waals surface area contributed by atoms with E-state index in [1.54, 1.807) is 7.05 Å². The van der Waals surface area contributed by atoms with E-state index in [0.29, 0.717) is 5.56 Å². The molecule has 3 aromatic rings. The van der Waals surface area contributed by atoms with Crippen LogP contribution in [0.3, 0.4) is 0 Å². The molecule has 0 spiro atoms. The molecule has 2 heterocycles. The number of nitrogens with zero attached hydrogens (tertiary/aromatic N) is 3. The maximum atomic E-state index is 13.5. The minimum atomic E-state index is -4.56. The molecule has 1 fully saturated rings. The van der Waals surface area contributed by atoms with E-state index in [0.717, 1.165) is 16.4 Å². The Morgan fingerprint density at radius 3 is 2.44 bits per heavy atom. The highest BCUT2D eigenvalue weighted by Gasteiger charge is 2.44. The zero-order valence-electron chi connectivity index (χ0n) is 18.8. The monoisotopic (exact) mass is 544 g/mol. The molecule has 1 N–H and O–H groups in total. The maximum absolute atomic E-state index is 13.5. The fourth-order valence-electron chi connectivity index (χ4n) is 4.11. The minimum absolute atomic E-state index is 0.0380. The molecular formula is C23H21ClF4N4O3S. The average molecular weight is 545 g/mol. The molecule has 7 nitrogen and oxygen atoms in total. The molecule has 2 atom stereocenters. The normalized spacial score (nSPS) is 18.9. The first kappa shape index (κ1) is 26.1. The summed E-state index contributed by atoms with van der Waals surface area (Å²) in [5.74, 6) is -2.43. The number of aryl methyl sites for hydroxylation is 1. The van der Waals surface area contributed by atoms with Crippen LogP contribution >= 0.6 is 11.6 Å². The van der Waals surface area contributed by atoms with Crippen molar-refractivity contribution in [3.05, 3.63) is 82.5 Å². The smallest absolute Gasteiger partial charge is 0.352 e. The van der Waals surface area contributed by atoms with Gasteiger partial charge in [0.05, 0.1) is 17.8 Å². The molecule has 1 aliphatic rings. The standard InChI is InChI=1S/C23H21ClF4N4O3S/c1-31-12-21(30-13-31)36(34,35)32-10-18(14-3-6-17(25)7-4-14)19(11-32)22(33)29-9-15-2-5-16(8-20(15)24)23(26,27)28/h2-8,12-13,18-19H,9-11H2,1H3,(H,29,33)/t18-,19+/m1/s1. The predicted octanol–water partition coefficient (Wildman–Crippen LogP) is 3.95. The quantitative estimate of drug-likeness (QED) is 0.476. The fourth-order valence-corrected chi connectivity index (χ4v) is 5.82. The molecule has 1 saturated heterocycles. The van der Waals surface area contributed by atoms with Gasteiger partial charge in [-0.25, -0.2) is 17.8 Å². The number of sulfonamides is 1. The number of hydrogen-bond donors (Lipinski definition) is 1. The third kappa shape index (κ3) is 5.40. The number of rotatable bonds is 6. The van der Waals surface area contributed by atoms with Crippen molar-refractivity contribution in [2.75, 3.05) is 13.1 Å². The molecule has 13 heteroatoms. The van der Waals surface area contributed by atoms with Gasteiger partial charge in [-0.2, -0.15) is 17.5 Å². The summed E-state index contributed by atoms with van der Waals surface area (Å²) < 4.78 is 81.1. The molecule has 2 aromatic carbocycles. The highest BCUT2D eigenvalue weighted by atomic mass is 35.5. The lowest BCUT2D eigenvalue weighted by Gasteiger charge is -2.19. The first-order chi connectivity index (χ1) is 16.9. The number of aromatic nitrogens is 2. The molecule has 1 aromatic heterocycles.